The van der Waals surface area contributed by atoms with Gasteiger partial charge in [0.05, 0.1) is 5.56 Å². The molecule has 0 bridgehead atoms. The Balaban J connectivity index is 2.04. The summed E-state index contributed by atoms with van der Waals surface area (Å²) in [6.45, 7) is 0. The van der Waals surface area contributed by atoms with E-state index in [4.69, 9.17) is 5.73 Å². The molecule has 0 atom stereocenters. The molecule has 0 aliphatic heterocycles. The van der Waals surface area contributed by atoms with Gasteiger partial charge in [-0.15, -0.1) is 0 Å². The summed E-state index contributed by atoms with van der Waals surface area (Å²) in [5.74, 6) is -0.632. The largest absolute Gasteiger partial charge is 0.507 e. The topological polar surface area (TPSA) is 63.3 Å². The number of amides is 1. The van der Waals surface area contributed by atoms with Gasteiger partial charge in [0.25, 0.3) is 5.91 Å². The lowest BCUT2D eigenvalue weighted by Crippen LogP contribution is -2.13. The van der Waals surface area contributed by atoms with Crippen LogP contribution in [-0.2, 0) is 12.8 Å². The number of carbonyl (C=O) groups excluding carboxylic acids is 1. The summed E-state index contributed by atoms with van der Waals surface area (Å²) in [4.78, 5) is 11.6. The first-order chi connectivity index (χ1) is 11.6. The molecule has 0 unspecified atom stereocenters. The van der Waals surface area contributed by atoms with E-state index in [1.165, 1.54) is 0 Å². The van der Waals surface area contributed by atoms with Gasteiger partial charge in [-0.05, 0) is 29.2 Å². The van der Waals surface area contributed by atoms with Crippen molar-refractivity contribution in [2.24, 2.45) is 5.73 Å². The summed E-state index contributed by atoms with van der Waals surface area (Å²) >= 11 is 0. The number of carbonyl (C=O) groups is 1. The van der Waals surface area contributed by atoms with Gasteiger partial charge in [-0.25, -0.2) is 0 Å². The molecule has 3 N–H and O–H groups in total. The zero-order valence-corrected chi connectivity index (χ0v) is 13.3. The molecule has 0 spiro atoms. The first-order valence-electron chi connectivity index (χ1n) is 7.86. The molecule has 120 valence electrons. The number of phenols is 1. The normalized spacial score (nSPS) is 10.5. The monoisotopic (exact) mass is 317 g/mol. The lowest BCUT2D eigenvalue weighted by molar-refractivity contribution is 0.0997. The van der Waals surface area contributed by atoms with Crippen LogP contribution in [0.3, 0.4) is 0 Å². The Kier molecular flexibility index (Phi) is 4.62. The standard InChI is InChI=1S/C21H19NO2/c22-21(24)18-12-11-17(13-15-7-3-1-4-8-15)19(20(18)23)14-16-9-5-2-6-10-16/h1-12,23H,13-14H2,(H2,22,24). The molecule has 0 fully saturated rings. The van der Waals surface area contributed by atoms with Crippen molar-refractivity contribution in [2.45, 2.75) is 12.8 Å². The summed E-state index contributed by atoms with van der Waals surface area (Å²) in [7, 11) is 0. The Bertz CT molecular complexity index is 842. The van der Waals surface area contributed by atoms with Crippen LogP contribution < -0.4 is 5.73 Å². The van der Waals surface area contributed by atoms with Crippen LogP contribution in [0.15, 0.2) is 72.8 Å². The molecule has 0 aliphatic rings. The van der Waals surface area contributed by atoms with E-state index in [1.54, 1.807) is 6.07 Å². The van der Waals surface area contributed by atoms with E-state index < -0.39 is 5.91 Å². The van der Waals surface area contributed by atoms with Crippen LogP contribution in [0.5, 0.6) is 5.75 Å². The van der Waals surface area contributed by atoms with Crippen LogP contribution in [-0.4, -0.2) is 11.0 Å². The molecule has 0 aromatic heterocycles. The number of nitrogens with two attached hydrogens (primary N) is 1. The van der Waals surface area contributed by atoms with Crippen molar-refractivity contribution in [2.75, 3.05) is 0 Å². The molecule has 24 heavy (non-hydrogen) atoms. The van der Waals surface area contributed by atoms with E-state index in [-0.39, 0.29) is 11.3 Å². The van der Waals surface area contributed by atoms with Crippen molar-refractivity contribution in [3.63, 3.8) is 0 Å². The predicted octanol–water partition coefficient (Wildman–Crippen LogP) is 3.67. The second kappa shape index (κ2) is 7.01. The van der Waals surface area contributed by atoms with Crippen LogP contribution in [0.4, 0.5) is 0 Å². The minimum atomic E-state index is -0.618. The predicted molar refractivity (Wildman–Crippen MR) is 95.1 cm³/mol. The molecular weight excluding hydrogens is 298 g/mol. The lowest BCUT2D eigenvalue weighted by atomic mass is 9.92. The second-order valence-electron chi connectivity index (χ2n) is 5.79. The third kappa shape index (κ3) is 3.46. The minimum absolute atomic E-state index is 0.0141. The molecule has 0 aliphatic carbocycles. The van der Waals surface area contributed by atoms with Crippen molar-refractivity contribution in [1.29, 1.82) is 0 Å². The summed E-state index contributed by atoms with van der Waals surface area (Å²) < 4.78 is 0. The average molecular weight is 317 g/mol. The number of benzene rings is 3. The minimum Gasteiger partial charge on any atom is -0.507 e. The lowest BCUT2D eigenvalue weighted by Gasteiger charge is -2.14. The van der Waals surface area contributed by atoms with Crippen molar-refractivity contribution in [3.8, 4) is 5.75 Å². The molecule has 0 radical (unpaired) electrons. The van der Waals surface area contributed by atoms with E-state index in [1.807, 2.05) is 66.7 Å². The highest BCUT2D eigenvalue weighted by Crippen LogP contribution is 2.30. The molecule has 3 rings (SSSR count). The third-order valence-electron chi connectivity index (χ3n) is 4.11. The fourth-order valence-electron chi connectivity index (χ4n) is 2.86. The Morgan fingerprint density at radius 1 is 0.792 bits per heavy atom. The number of rotatable bonds is 5. The number of primary amides is 1. The molecule has 0 saturated carbocycles. The molecule has 3 heteroatoms. The average Bonchev–Trinajstić information content (AvgIpc) is 2.59. The Morgan fingerprint density at radius 2 is 1.33 bits per heavy atom. The fourth-order valence-corrected chi connectivity index (χ4v) is 2.86. The maximum absolute atomic E-state index is 11.6. The van der Waals surface area contributed by atoms with Crippen LogP contribution in [0, 0.1) is 0 Å². The van der Waals surface area contributed by atoms with E-state index in [0.717, 1.165) is 22.3 Å². The van der Waals surface area contributed by atoms with E-state index in [9.17, 15) is 9.90 Å². The summed E-state index contributed by atoms with van der Waals surface area (Å²) in [5, 5.41) is 10.6. The maximum atomic E-state index is 11.6. The van der Waals surface area contributed by atoms with Gasteiger partial charge in [-0.3, -0.25) is 4.79 Å². The summed E-state index contributed by atoms with van der Waals surface area (Å²) in [6.07, 6.45) is 1.24. The first-order valence-corrected chi connectivity index (χ1v) is 7.86. The molecular formula is C21H19NO2. The van der Waals surface area contributed by atoms with Gasteiger partial charge in [-0.1, -0.05) is 66.7 Å². The quantitative estimate of drug-likeness (QED) is 0.754. The zero-order valence-electron chi connectivity index (χ0n) is 13.3. The van der Waals surface area contributed by atoms with Gasteiger partial charge in [0.1, 0.15) is 5.75 Å². The van der Waals surface area contributed by atoms with Crippen LogP contribution >= 0.6 is 0 Å². The third-order valence-corrected chi connectivity index (χ3v) is 4.11. The smallest absolute Gasteiger partial charge is 0.252 e. The van der Waals surface area contributed by atoms with Gasteiger partial charge in [0.15, 0.2) is 0 Å². The van der Waals surface area contributed by atoms with Crippen LogP contribution in [0.25, 0.3) is 0 Å². The molecule has 3 nitrogen and oxygen atoms in total. The van der Waals surface area contributed by atoms with E-state index >= 15 is 0 Å². The van der Waals surface area contributed by atoms with E-state index in [0.29, 0.717) is 12.8 Å². The summed E-state index contributed by atoms with van der Waals surface area (Å²) in [5.41, 5.74) is 9.51. The van der Waals surface area contributed by atoms with E-state index in [2.05, 4.69) is 0 Å². The Labute approximate surface area is 141 Å². The van der Waals surface area contributed by atoms with Crippen molar-refractivity contribution in [1.82, 2.24) is 0 Å². The SMILES string of the molecule is NC(=O)c1ccc(Cc2ccccc2)c(Cc2ccccc2)c1O. The number of hydrogen-bond acceptors (Lipinski definition) is 2. The number of hydrogen-bond donors (Lipinski definition) is 2. The van der Waals surface area contributed by atoms with Crippen molar-refractivity contribution < 1.29 is 9.90 Å². The highest BCUT2D eigenvalue weighted by molar-refractivity contribution is 5.96. The van der Waals surface area contributed by atoms with Crippen LogP contribution in [0.2, 0.25) is 0 Å². The molecule has 0 heterocycles. The Hall–Kier alpha value is -3.07. The highest BCUT2D eigenvalue weighted by atomic mass is 16.3. The fraction of sp³-hybridized carbons (Fsp3) is 0.0952. The number of aromatic hydroxyl groups is 1. The van der Waals surface area contributed by atoms with Gasteiger partial charge < -0.3 is 10.8 Å². The Morgan fingerprint density at radius 3 is 1.88 bits per heavy atom. The van der Waals surface area contributed by atoms with Crippen LogP contribution in [0.1, 0.15) is 32.6 Å². The molecule has 1 amide bonds. The van der Waals surface area contributed by atoms with Gasteiger partial charge in [-0.2, -0.15) is 0 Å². The first kappa shape index (κ1) is 15.8. The van der Waals surface area contributed by atoms with Crippen molar-refractivity contribution >= 4 is 5.91 Å². The zero-order chi connectivity index (χ0) is 16.9. The molecule has 3 aromatic rings. The van der Waals surface area contributed by atoms with Gasteiger partial charge >= 0.3 is 0 Å². The molecule has 3 aromatic carbocycles. The summed E-state index contributed by atoms with van der Waals surface area (Å²) in [6, 6.07) is 23.4. The maximum Gasteiger partial charge on any atom is 0.252 e. The van der Waals surface area contributed by atoms with Gasteiger partial charge in [0, 0.05) is 12.0 Å². The molecule has 0 saturated heterocycles. The second-order valence-corrected chi connectivity index (χ2v) is 5.79. The van der Waals surface area contributed by atoms with Crippen molar-refractivity contribution in [3.05, 3.63) is 101 Å². The highest BCUT2D eigenvalue weighted by Gasteiger charge is 2.16. The van der Waals surface area contributed by atoms with Gasteiger partial charge in [0.2, 0.25) is 0 Å².